The molecule has 1 aliphatic heterocycles. The van der Waals surface area contributed by atoms with Gasteiger partial charge in [0.15, 0.2) is 0 Å². The van der Waals surface area contributed by atoms with Gasteiger partial charge in [0.05, 0.1) is 5.56 Å². The molecule has 2 rings (SSSR count). The van der Waals surface area contributed by atoms with Crippen LogP contribution in [0, 0.1) is 0 Å². The normalized spacial score (nSPS) is 21.5. The van der Waals surface area contributed by atoms with Gasteiger partial charge in [0.1, 0.15) is 0 Å². The molecule has 1 aliphatic rings. The third kappa shape index (κ3) is 2.93. The minimum atomic E-state index is -4.31. The lowest BCUT2D eigenvalue weighted by Crippen LogP contribution is -2.27. The second kappa shape index (κ2) is 4.86. The van der Waals surface area contributed by atoms with E-state index in [1.807, 2.05) is 0 Å². The van der Waals surface area contributed by atoms with Crippen LogP contribution in [0.2, 0.25) is 5.02 Å². The van der Waals surface area contributed by atoms with Gasteiger partial charge in [0, 0.05) is 11.1 Å². The number of piperidine rings is 1. The molecule has 1 fully saturated rings. The molecule has 1 aromatic rings. The van der Waals surface area contributed by atoms with Crippen LogP contribution in [0.5, 0.6) is 0 Å². The molecule has 0 amide bonds. The van der Waals surface area contributed by atoms with Crippen molar-refractivity contribution >= 4 is 11.6 Å². The maximum absolute atomic E-state index is 12.6. The quantitative estimate of drug-likeness (QED) is 0.802. The number of hydrogen-bond acceptors (Lipinski definition) is 1. The van der Waals surface area contributed by atoms with Crippen LogP contribution in [0.3, 0.4) is 0 Å². The van der Waals surface area contributed by atoms with Gasteiger partial charge in [-0.3, -0.25) is 0 Å². The second-order valence-corrected chi connectivity index (χ2v) is 4.64. The van der Waals surface area contributed by atoms with E-state index >= 15 is 0 Å². The summed E-state index contributed by atoms with van der Waals surface area (Å²) in [5, 5.41) is 3.60. The average molecular weight is 264 g/mol. The summed E-state index contributed by atoms with van der Waals surface area (Å²) in [4.78, 5) is 0. The Morgan fingerprint density at radius 3 is 2.59 bits per heavy atom. The van der Waals surface area contributed by atoms with Crippen LogP contribution in [0.15, 0.2) is 18.2 Å². The monoisotopic (exact) mass is 263 g/mol. The molecule has 0 aromatic heterocycles. The number of benzene rings is 1. The molecule has 0 saturated carbocycles. The Morgan fingerprint density at radius 2 is 2.00 bits per heavy atom. The standard InChI is InChI=1S/C12H13ClF3N/c13-10-5-4-8(12(14,15)16)7-9(10)11-3-1-2-6-17-11/h4-5,7,11,17H,1-3,6H2/t11-/m1/s1. The number of nitrogens with one attached hydrogen (secondary N) is 1. The highest BCUT2D eigenvalue weighted by Crippen LogP contribution is 2.35. The van der Waals surface area contributed by atoms with E-state index in [0.717, 1.165) is 37.9 Å². The van der Waals surface area contributed by atoms with E-state index in [-0.39, 0.29) is 6.04 Å². The Morgan fingerprint density at radius 1 is 1.24 bits per heavy atom. The molecule has 0 radical (unpaired) electrons. The lowest BCUT2D eigenvalue weighted by atomic mass is 9.96. The highest BCUT2D eigenvalue weighted by molar-refractivity contribution is 6.31. The summed E-state index contributed by atoms with van der Waals surface area (Å²) in [6.45, 7) is 0.831. The first-order valence-corrected chi connectivity index (χ1v) is 5.96. The minimum absolute atomic E-state index is 0.0569. The molecule has 0 bridgehead atoms. The highest BCUT2D eigenvalue weighted by atomic mass is 35.5. The lowest BCUT2D eigenvalue weighted by Gasteiger charge is -2.25. The summed E-state index contributed by atoms with van der Waals surface area (Å²) < 4.78 is 37.8. The lowest BCUT2D eigenvalue weighted by molar-refractivity contribution is -0.137. The van der Waals surface area contributed by atoms with Crippen molar-refractivity contribution in [3.8, 4) is 0 Å². The average Bonchev–Trinajstić information content (AvgIpc) is 2.29. The molecule has 17 heavy (non-hydrogen) atoms. The number of hydrogen-bond donors (Lipinski definition) is 1. The topological polar surface area (TPSA) is 12.0 Å². The molecule has 0 spiro atoms. The van der Waals surface area contributed by atoms with Gasteiger partial charge < -0.3 is 5.32 Å². The van der Waals surface area contributed by atoms with Crippen molar-refractivity contribution in [1.82, 2.24) is 5.32 Å². The fourth-order valence-electron chi connectivity index (χ4n) is 2.10. The van der Waals surface area contributed by atoms with Gasteiger partial charge in [0.25, 0.3) is 0 Å². The van der Waals surface area contributed by atoms with E-state index in [1.54, 1.807) is 0 Å². The Balaban J connectivity index is 2.31. The third-order valence-corrected chi connectivity index (χ3v) is 3.35. The Kier molecular flexibility index (Phi) is 3.64. The van der Waals surface area contributed by atoms with Gasteiger partial charge in [-0.15, -0.1) is 0 Å². The van der Waals surface area contributed by atoms with Crippen molar-refractivity contribution in [2.75, 3.05) is 6.54 Å². The van der Waals surface area contributed by atoms with Crippen molar-refractivity contribution in [2.45, 2.75) is 31.5 Å². The fourth-order valence-corrected chi connectivity index (χ4v) is 2.35. The van der Waals surface area contributed by atoms with E-state index in [9.17, 15) is 13.2 Å². The Hall–Kier alpha value is -0.740. The van der Waals surface area contributed by atoms with Crippen molar-refractivity contribution < 1.29 is 13.2 Å². The van der Waals surface area contributed by atoms with Gasteiger partial charge in [-0.1, -0.05) is 18.0 Å². The zero-order chi connectivity index (χ0) is 12.5. The van der Waals surface area contributed by atoms with Crippen LogP contribution >= 0.6 is 11.6 Å². The predicted octanol–water partition coefficient (Wildman–Crippen LogP) is 4.17. The molecule has 1 heterocycles. The molecule has 1 aromatic carbocycles. The molecule has 94 valence electrons. The second-order valence-electron chi connectivity index (χ2n) is 4.24. The molecule has 1 atom stereocenters. The number of alkyl halides is 3. The minimum Gasteiger partial charge on any atom is -0.310 e. The molecule has 1 N–H and O–H groups in total. The largest absolute Gasteiger partial charge is 0.416 e. The van der Waals surface area contributed by atoms with Crippen LogP contribution < -0.4 is 5.32 Å². The van der Waals surface area contributed by atoms with Crippen LogP contribution in [0.4, 0.5) is 13.2 Å². The smallest absolute Gasteiger partial charge is 0.310 e. The molecule has 1 nitrogen and oxygen atoms in total. The van der Waals surface area contributed by atoms with Crippen molar-refractivity contribution in [1.29, 1.82) is 0 Å². The summed E-state index contributed by atoms with van der Waals surface area (Å²) in [5.74, 6) is 0. The van der Waals surface area contributed by atoms with Crippen LogP contribution in [-0.4, -0.2) is 6.54 Å². The molecule has 5 heteroatoms. The maximum Gasteiger partial charge on any atom is 0.416 e. The first-order chi connectivity index (χ1) is 7.98. The van der Waals surface area contributed by atoms with Crippen LogP contribution in [-0.2, 0) is 6.18 Å². The van der Waals surface area contributed by atoms with Gasteiger partial charge in [-0.25, -0.2) is 0 Å². The highest BCUT2D eigenvalue weighted by Gasteiger charge is 2.31. The van der Waals surface area contributed by atoms with Gasteiger partial charge in [0.2, 0.25) is 0 Å². The van der Waals surface area contributed by atoms with Crippen molar-refractivity contribution in [3.05, 3.63) is 34.3 Å². The van der Waals surface area contributed by atoms with E-state index in [1.165, 1.54) is 6.07 Å². The van der Waals surface area contributed by atoms with E-state index in [4.69, 9.17) is 11.6 Å². The fraction of sp³-hybridized carbons (Fsp3) is 0.500. The number of halogens is 4. The molecule has 0 unspecified atom stereocenters. The van der Waals surface area contributed by atoms with Crippen LogP contribution in [0.25, 0.3) is 0 Å². The third-order valence-electron chi connectivity index (χ3n) is 3.01. The summed E-state index contributed by atoms with van der Waals surface area (Å²) >= 11 is 5.97. The Labute approximate surface area is 103 Å². The van der Waals surface area contributed by atoms with Gasteiger partial charge >= 0.3 is 6.18 Å². The van der Waals surface area contributed by atoms with Gasteiger partial charge in [-0.05, 0) is 43.1 Å². The maximum atomic E-state index is 12.6. The SMILES string of the molecule is FC(F)(F)c1ccc(Cl)c([C@H]2CCCCN2)c1. The first-order valence-electron chi connectivity index (χ1n) is 5.58. The zero-order valence-electron chi connectivity index (χ0n) is 9.15. The van der Waals surface area contributed by atoms with E-state index in [0.29, 0.717) is 10.6 Å². The zero-order valence-corrected chi connectivity index (χ0v) is 9.91. The van der Waals surface area contributed by atoms with E-state index < -0.39 is 11.7 Å². The first kappa shape index (κ1) is 12.7. The van der Waals surface area contributed by atoms with Gasteiger partial charge in [-0.2, -0.15) is 13.2 Å². The summed E-state index contributed by atoms with van der Waals surface area (Å²) in [6, 6.07) is 3.45. The molecule has 0 aliphatic carbocycles. The number of rotatable bonds is 1. The summed E-state index contributed by atoms with van der Waals surface area (Å²) in [6.07, 6.45) is -1.40. The predicted molar refractivity (Wildman–Crippen MR) is 61.0 cm³/mol. The molecular weight excluding hydrogens is 251 g/mol. The summed E-state index contributed by atoms with van der Waals surface area (Å²) in [7, 11) is 0. The van der Waals surface area contributed by atoms with E-state index in [2.05, 4.69) is 5.32 Å². The molecule has 1 saturated heterocycles. The van der Waals surface area contributed by atoms with Crippen molar-refractivity contribution in [2.24, 2.45) is 0 Å². The van der Waals surface area contributed by atoms with Crippen molar-refractivity contribution in [3.63, 3.8) is 0 Å². The molecular formula is C12H13ClF3N. The Bertz CT molecular complexity index is 397. The summed E-state index contributed by atoms with van der Waals surface area (Å²) in [5.41, 5.74) is -0.0783. The van der Waals surface area contributed by atoms with Crippen LogP contribution in [0.1, 0.15) is 36.4 Å².